The van der Waals surface area contributed by atoms with Gasteiger partial charge in [-0.05, 0) is 36.8 Å². The molecule has 0 radical (unpaired) electrons. The van der Waals surface area contributed by atoms with Gasteiger partial charge in [-0.15, -0.1) is 22.7 Å². The lowest BCUT2D eigenvalue weighted by Crippen LogP contribution is -2.03. The van der Waals surface area contributed by atoms with E-state index in [9.17, 15) is 0 Å². The summed E-state index contributed by atoms with van der Waals surface area (Å²) in [4.78, 5) is 7.54. The Morgan fingerprint density at radius 3 is 2.67 bits per heavy atom. The van der Waals surface area contributed by atoms with Crippen LogP contribution in [0, 0.1) is 0 Å². The van der Waals surface area contributed by atoms with E-state index < -0.39 is 0 Å². The van der Waals surface area contributed by atoms with Gasteiger partial charge in [0.05, 0.1) is 5.69 Å². The number of fused-ring (bicyclic) bond motifs is 1. The minimum Gasteiger partial charge on any atom is -0.361 e. The van der Waals surface area contributed by atoms with Gasteiger partial charge in [0.2, 0.25) is 0 Å². The number of nitrogens with zero attached hydrogens (tertiary/aromatic N) is 1. The van der Waals surface area contributed by atoms with Crippen LogP contribution >= 0.6 is 22.7 Å². The van der Waals surface area contributed by atoms with Crippen molar-refractivity contribution in [2.75, 3.05) is 11.9 Å². The molecule has 3 aromatic rings. The van der Waals surface area contributed by atoms with Crippen molar-refractivity contribution >= 4 is 37.9 Å². The molecule has 0 aliphatic carbocycles. The van der Waals surface area contributed by atoms with Crippen LogP contribution in [0.2, 0.25) is 0 Å². The summed E-state index contributed by atoms with van der Waals surface area (Å²) in [6, 6.07) is 10.9. The Balaban J connectivity index is 1.61. The van der Waals surface area contributed by atoms with Gasteiger partial charge in [0.25, 0.3) is 0 Å². The zero-order valence-corrected chi connectivity index (χ0v) is 14.1. The lowest BCUT2D eigenvalue weighted by Gasteiger charge is -2.00. The third-order valence-corrected chi connectivity index (χ3v) is 5.93. The summed E-state index contributed by atoms with van der Waals surface area (Å²) in [7, 11) is 0. The summed E-state index contributed by atoms with van der Waals surface area (Å²) in [5, 5.41) is 5.91. The molecule has 21 heavy (non-hydrogen) atoms. The van der Waals surface area contributed by atoms with Crippen molar-refractivity contribution in [1.82, 2.24) is 4.98 Å². The zero-order valence-electron chi connectivity index (χ0n) is 12.5. The van der Waals surface area contributed by atoms with E-state index in [0.29, 0.717) is 0 Å². The van der Waals surface area contributed by atoms with Gasteiger partial charge in [-0.1, -0.05) is 32.0 Å². The van der Waals surface area contributed by atoms with E-state index in [1.165, 1.54) is 25.5 Å². The number of benzene rings is 1. The summed E-state index contributed by atoms with van der Waals surface area (Å²) in [6.07, 6.45) is 3.17. The SMILES string of the molecule is CCc1nc(NCCc2cc3ccccc3s2)sc1CC. The van der Waals surface area contributed by atoms with Crippen molar-refractivity contribution < 1.29 is 0 Å². The van der Waals surface area contributed by atoms with Gasteiger partial charge < -0.3 is 5.32 Å². The topological polar surface area (TPSA) is 24.9 Å². The molecule has 0 aliphatic rings. The Hall–Kier alpha value is -1.39. The molecule has 1 N–H and O–H groups in total. The number of rotatable bonds is 6. The lowest BCUT2D eigenvalue weighted by molar-refractivity contribution is 0.992. The Morgan fingerprint density at radius 2 is 1.95 bits per heavy atom. The normalized spacial score (nSPS) is 11.1. The van der Waals surface area contributed by atoms with Crippen LogP contribution in [0.5, 0.6) is 0 Å². The largest absolute Gasteiger partial charge is 0.361 e. The summed E-state index contributed by atoms with van der Waals surface area (Å²) in [5.74, 6) is 0. The molecule has 0 unspecified atom stereocenters. The molecule has 0 saturated heterocycles. The predicted molar refractivity (Wildman–Crippen MR) is 94.9 cm³/mol. The van der Waals surface area contributed by atoms with Crippen LogP contribution in [0.15, 0.2) is 30.3 Å². The molecule has 0 fully saturated rings. The lowest BCUT2D eigenvalue weighted by atomic mass is 10.2. The van der Waals surface area contributed by atoms with Crippen molar-refractivity contribution in [2.45, 2.75) is 33.1 Å². The van der Waals surface area contributed by atoms with Gasteiger partial charge in [-0.3, -0.25) is 0 Å². The molecule has 0 amide bonds. The number of aryl methyl sites for hydroxylation is 2. The molecule has 1 aromatic carbocycles. The van der Waals surface area contributed by atoms with Gasteiger partial charge in [0.1, 0.15) is 0 Å². The first kappa shape index (κ1) is 14.5. The minimum absolute atomic E-state index is 0.951. The number of hydrogen-bond acceptors (Lipinski definition) is 4. The van der Waals surface area contributed by atoms with Gasteiger partial charge >= 0.3 is 0 Å². The molecule has 110 valence electrons. The highest BCUT2D eigenvalue weighted by molar-refractivity contribution is 7.19. The molecule has 2 heterocycles. The van der Waals surface area contributed by atoms with E-state index in [0.717, 1.165) is 30.9 Å². The van der Waals surface area contributed by atoms with Crippen molar-refractivity contribution in [3.05, 3.63) is 45.8 Å². The number of aromatic nitrogens is 1. The van der Waals surface area contributed by atoms with Crippen molar-refractivity contribution in [3.63, 3.8) is 0 Å². The number of nitrogens with one attached hydrogen (secondary N) is 1. The van der Waals surface area contributed by atoms with E-state index >= 15 is 0 Å². The monoisotopic (exact) mass is 316 g/mol. The quantitative estimate of drug-likeness (QED) is 0.681. The van der Waals surface area contributed by atoms with Crippen LogP contribution in [0.4, 0.5) is 5.13 Å². The third-order valence-electron chi connectivity index (χ3n) is 3.56. The standard InChI is InChI=1S/C17H20N2S2/c1-3-14-15(4-2)21-17(19-14)18-10-9-13-11-12-7-5-6-8-16(12)20-13/h5-8,11H,3-4,9-10H2,1-2H3,(H,18,19). The van der Waals surface area contributed by atoms with Crippen molar-refractivity contribution in [1.29, 1.82) is 0 Å². The maximum absolute atomic E-state index is 4.68. The van der Waals surface area contributed by atoms with Crippen LogP contribution < -0.4 is 5.32 Å². The molecule has 0 spiro atoms. The van der Waals surface area contributed by atoms with Gasteiger partial charge in [0, 0.05) is 21.0 Å². The number of thiazole rings is 1. The molecule has 2 aromatic heterocycles. The number of hydrogen-bond donors (Lipinski definition) is 1. The van der Waals surface area contributed by atoms with Crippen molar-refractivity contribution in [3.8, 4) is 0 Å². The number of anilines is 1. The van der Waals surface area contributed by atoms with E-state index in [-0.39, 0.29) is 0 Å². The van der Waals surface area contributed by atoms with Crippen LogP contribution in [0.1, 0.15) is 29.3 Å². The summed E-state index contributed by atoms with van der Waals surface area (Å²) < 4.78 is 1.38. The Bertz CT molecular complexity index is 673. The average molecular weight is 316 g/mol. The van der Waals surface area contributed by atoms with Gasteiger partial charge in [0.15, 0.2) is 5.13 Å². The molecule has 2 nitrogen and oxygen atoms in total. The van der Waals surface area contributed by atoms with Crippen LogP contribution in [0.3, 0.4) is 0 Å². The summed E-state index contributed by atoms with van der Waals surface area (Å²) in [5.41, 5.74) is 1.26. The van der Waals surface area contributed by atoms with Gasteiger partial charge in [-0.25, -0.2) is 4.98 Å². The second-order valence-electron chi connectivity index (χ2n) is 5.02. The highest BCUT2D eigenvalue weighted by Crippen LogP contribution is 2.26. The van der Waals surface area contributed by atoms with E-state index in [2.05, 4.69) is 54.5 Å². The van der Waals surface area contributed by atoms with E-state index in [1.54, 1.807) is 11.3 Å². The molecule has 0 atom stereocenters. The second kappa shape index (κ2) is 6.58. The minimum atomic E-state index is 0.951. The predicted octanol–water partition coefficient (Wildman–Crippen LogP) is 5.14. The average Bonchev–Trinajstić information content (AvgIpc) is 3.09. The van der Waals surface area contributed by atoms with Crippen LogP contribution in [-0.2, 0) is 19.3 Å². The van der Waals surface area contributed by atoms with Gasteiger partial charge in [-0.2, -0.15) is 0 Å². The third kappa shape index (κ3) is 3.27. The Morgan fingerprint density at radius 1 is 1.10 bits per heavy atom. The highest BCUT2D eigenvalue weighted by atomic mass is 32.1. The maximum atomic E-state index is 4.68. The van der Waals surface area contributed by atoms with E-state index in [1.807, 2.05) is 11.3 Å². The van der Waals surface area contributed by atoms with Crippen LogP contribution in [-0.4, -0.2) is 11.5 Å². The molecular formula is C17H20N2S2. The molecule has 0 saturated carbocycles. The second-order valence-corrected chi connectivity index (χ2v) is 7.28. The molecule has 0 bridgehead atoms. The molecule has 4 heteroatoms. The Kier molecular flexibility index (Phi) is 4.56. The first-order valence-electron chi connectivity index (χ1n) is 7.50. The number of thiophene rings is 1. The van der Waals surface area contributed by atoms with E-state index in [4.69, 9.17) is 0 Å². The molecule has 0 aliphatic heterocycles. The fraction of sp³-hybridized carbons (Fsp3) is 0.353. The Labute approximate surface area is 133 Å². The summed E-state index contributed by atoms with van der Waals surface area (Å²) >= 11 is 3.70. The van der Waals surface area contributed by atoms with Crippen molar-refractivity contribution in [2.24, 2.45) is 0 Å². The molecule has 3 rings (SSSR count). The smallest absolute Gasteiger partial charge is 0.183 e. The van der Waals surface area contributed by atoms with Crippen LogP contribution in [0.25, 0.3) is 10.1 Å². The molecular weight excluding hydrogens is 296 g/mol. The maximum Gasteiger partial charge on any atom is 0.183 e. The fourth-order valence-corrected chi connectivity index (χ4v) is 4.54. The fourth-order valence-electron chi connectivity index (χ4n) is 2.46. The summed E-state index contributed by atoms with van der Waals surface area (Å²) in [6.45, 7) is 5.33. The highest BCUT2D eigenvalue weighted by Gasteiger charge is 2.08. The zero-order chi connectivity index (χ0) is 14.7. The first-order chi connectivity index (χ1) is 10.3. The first-order valence-corrected chi connectivity index (χ1v) is 9.13.